The van der Waals surface area contributed by atoms with E-state index in [9.17, 15) is 4.79 Å². The minimum atomic E-state index is -1.92. The van der Waals surface area contributed by atoms with Crippen molar-refractivity contribution in [2.75, 3.05) is 7.11 Å². The van der Waals surface area contributed by atoms with Crippen LogP contribution in [0, 0.1) is 0 Å². The molecule has 0 spiro atoms. The molecule has 0 saturated heterocycles. The zero-order chi connectivity index (χ0) is 17.6. The number of ether oxygens (including phenoxy) is 1. The largest absolute Gasteiger partial charge is 0.543 e. The Morgan fingerprint density at radius 2 is 1.43 bits per heavy atom. The molecule has 0 aliphatic heterocycles. The van der Waals surface area contributed by atoms with Crippen molar-refractivity contribution in [3.05, 3.63) is 35.9 Å². The van der Waals surface area contributed by atoms with Gasteiger partial charge in [0.1, 0.15) is 5.75 Å². The standard InChI is InChI=1S/C19H30O3Si/c1-14(2)23(15(3)4,16(5)6)22-18-11-8-17(9-12-18)10-13-19(20)21-7/h8-16H,1-7H3. The zero-order valence-corrected chi connectivity index (χ0v) is 16.4. The summed E-state index contributed by atoms with van der Waals surface area (Å²) in [4.78, 5) is 11.1. The van der Waals surface area contributed by atoms with Gasteiger partial charge in [0.05, 0.1) is 7.11 Å². The van der Waals surface area contributed by atoms with Crippen molar-refractivity contribution in [3.63, 3.8) is 0 Å². The van der Waals surface area contributed by atoms with Gasteiger partial charge in [0.15, 0.2) is 0 Å². The molecule has 0 saturated carbocycles. The molecule has 4 heteroatoms. The summed E-state index contributed by atoms with van der Waals surface area (Å²) in [5.74, 6) is 0.569. The Hall–Kier alpha value is -1.55. The molecule has 1 aromatic rings. The summed E-state index contributed by atoms with van der Waals surface area (Å²) in [6, 6.07) is 7.92. The minimum absolute atomic E-state index is 0.351. The molecule has 0 heterocycles. The molecule has 0 amide bonds. The third kappa shape index (κ3) is 4.71. The van der Waals surface area contributed by atoms with Crippen molar-refractivity contribution in [2.24, 2.45) is 0 Å². The summed E-state index contributed by atoms with van der Waals surface area (Å²) >= 11 is 0. The van der Waals surface area contributed by atoms with E-state index in [0.29, 0.717) is 16.6 Å². The fraction of sp³-hybridized carbons (Fsp3) is 0.526. The van der Waals surface area contributed by atoms with Crippen LogP contribution < -0.4 is 4.43 Å². The monoisotopic (exact) mass is 334 g/mol. The van der Waals surface area contributed by atoms with Gasteiger partial charge < -0.3 is 9.16 Å². The van der Waals surface area contributed by atoms with Crippen molar-refractivity contribution >= 4 is 20.4 Å². The molecular weight excluding hydrogens is 304 g/mol. The molecule has 0 fully saturated rings. The summed E-state index contributed by atoms with van der Waals surface area (Å²) in [6.07, 6.45) is 3.17. The Morgan fingerprint density at radius 3 is 1.83 bits per heavy atom. The first-order valence-electron chi connectivity index (χ1n) is 8.29. The topological polar surface area (TPSA) is 35.5 Å². The molecule has 0 N–H and O–H groups in total. The number of methoxy groups -OCH3 is 1. The van der Waals surface area contributed by atoms with Gasteiger partial charge in [0.25, 0.3) is 8.32 Å². The zero-order valence-electron chi connectivity index (χ0n) is 15.4. The first-order valence-corrected chi connectivity index (χ1v) is 10.4. The quantitative estimate of drug-likeness (QED) is 0.379. The van der Waals surface area contributed by atoms with Gasteiger partial charge in [-0.05, 0) is 40.4 Å². The van der Waals surface area contributed by atoms with Crippen molar-refractivity contribution in [3.8, 4) is 5.75 Å². The predicted octanol–water partition coefficient (Wildman–Crippen LogP) is 5.43. The highest BCUT2D eigenvalue weighted by Crippen LogP contribution is 2.42. The van der Waals surface area contributed by atoms with Crippen LogP contribution in [-0.2, 0) is 9.53 Å². The fourth-order valence-corrected chi connectivity index (χ4v) is 8.69. The van der Waals surface area contributed by atoms with E-state index in [1.807, 2.05) is 24.3 Å². The lowest BCUT2D eigenvalue weighted by atomic mass is 10.2. The Balaban J connectivity index is 2.99. The molecule has 0 unspecified atom stereocenters. The lowest BCUT2D eigenvalue weighted by Crippen LogP contribution is -2.50. The first-order chi connectivity index (χ1) is 10.7. The van der Waals surface area contributed by atoms with Crippen LogP contribution in [0.15, 0.2) is 30.3 Å². The van der Waals surface area contributed by atoms with E-state index < -0.39 is 8.32 Å². The maximum absolute atomic E-state index is 11.1. The van der Waals surface area contributed by atoms with E-state index >= 15 is 0 Å². The Morgan fingerprint density at radius 1 is 0.957 bits per heavy atom. The minimum Gasteiger partial charge on any atom is -0.543 e. The molecule has 1 rings (SSSR count). The summed E-state index contributed by atoms with van der Waals surface area (Å²) in [6.45, 7) is 13.7. The number of benzene rings is 1. The number of esters is 1. The highest BCUT2D eigenvalue weighted by Gasteiger charge is 2.46. The van der Waals surface area contributed by atoms with E-state index in [2.05, 4.69) is 46.3 Å². The van der Waals surface area contributed by atoms with Gasteiger partial charge in [-0.1, -0.05) is 53.7 Å². The number of hydrogen-bond acceptors (Lipinski definition) is 3. The summed E-state index contributed by atoms with van der Waals surface area (Å²) in [5.41, 5.74) is 2.58. The van der Waals surface area contributed by atoms with E-state index in [1.165, 1.54) is 13.2 Å². The molecule has 0 radical (unpaired) electrons. The van der Waals surface area contributed by atoms with Crippen LogP contribution in [0.25, 0.3) is 6.08 Å². The normalized spacial score (nSPS) is 12.4. The number of carbonyl (C=O) groups excluding carboxylic acids is 1. The Labute approximate surface area is 141 Å². The SMILES string of the molecule is COC(=O)C=Cc1ccc(O[Si](C(C)C)(C(C)C)C(C)C)cc1. The van der Waals surface area contributed by atoms with Crippen molar-refractivity contribution in [1.29, 1.82) is 0 Å². The van der Waals surface area contributed by atoms with Gasteiger partial charge in [-0.25, -0.2) is 4.79 Å². The predicted molar refractivity (Wildman–Crippen MR) is 99.2 cm³/mol. The van der Waals surface area contributed by atoms with Crippen molar-refractivity contribution in [2.45, 2.75) is 58.2 Å². The number of hydrogen-bond donors (Lipinski definition) is 0. The van der Waals surface area contributed by atoms with Gasteiger partial charge >= 0.3 is 5.97 Å². The van der Waals surface area contributed by atoms with Gasteiger partial charge in [0, 0.05) is 6.08 Å². The molecule has 0 bridgehead atoms. The van der Waals surface area contributed by atoms with E-state index in [4.69, 9.17) is 4.43 Å². The molecule has 23 heavy (non-hydrogen) atoms. The Bertz CT molecular complexity index is 508. The van der Waals surface area contributed by atoms with Gasteiger partial charge in [0.2, 0.25) is 0 Å². The molecule has 1 aromatic carbocycles. The van der Waals surface area contributed by atoms with E-state index in [0.717, 1.165) is 11.3 Å². The summed E-state index contributed by atoms with van der Waals surface area (Å²) in [7, 11) is -0.548. The molecule has 128 valence electrons. The van der Waals surface area contributed by atoms with Crippen LogP contribution in [0.1, 0.15) is 47.1 Å². The summed E-state index contributed by atoms with van der Waals surface area (Å²) < 4.78 is 11.2. The van der Waals surface area contributed by atoms with Crippen molar-refractivity contribution in [1.82, 2.24) is 0 Å². The van der Waals surface area contributed by atoms with Crippen LogP contribution in [0.3, 0.4) is 0 Å². The number of rotatable bonds is 7. The smallest absolute Gasteiger partial charge is 0.330 e. The third-order valence-corrected chi connectivity index (χ3v) is 10.5. The fourth-order valence-electron chi connectivity index (χ4n) is 3.44. The second-order valence-electron chi connectivity index (χ2n) is 6.85. The first kappa shape index (κ1) is 19.5. The van der Waals surface area contributed by atoms with Crippen molar-refractivity contribution < 1.29 is 14.0 Å². The highest BCUT2D eigenvalue weighted by atomic mass is 28.4. The molecule has 0 aliphatic carbocycles. The third-order valence-electron chi connectivity index (χ3n) is 4.49. The van der Waals surface area contributed by atoms with E-state index in [1.54, 1.807) is 6.08 Å². The average Bonchev–Trinajstić information content (AvgIpc) is 2.50. The van der Waals surface area contributed by atoms with Crippen LogP contribution in [-0.4, -0.2) is 21.4 Å². The summed E-state index contributed by atoms with van der Waals surface area (Å²) in [5, 5.41) is 0. The second kappa shape index (κ2) is 8.34. The average molecular weight is 335 g/mol. The maximum atomic E-state index is 11.1. The Kier molecular flexibility index (Phi) is 7.07. The van der Waals surface area contributed by atoms with Crippen LogP contribution >= 0.6 is 0 Å². The molecule has 0 aliphatic rings. The number of carbonyl (C=O) groups is 1. The molecule has 0 atom stereocenters. The van der Waals surface area contributed by atoms with Crippen LogP contribution in [0.4, 0.5) is 0 Å². The second-order valence-corrected chi connectivity index (χ2v) is 12.2. The molecular formula is C19H30O3Si. The van der Waals surface area contributed by atoms with Gasteiger partial charge in [-0.15, -0.1) is 0 Å². The highest BCUT2D eigenvalue weighted by molar-refractivity contribution is 6.78. The van der Waals surface area contributed by atoms with Crippen LogP contribution in [0.5, 0.6) is 5.75 Å². The lowest BCUT2D eigenvalue weighted by Gasteiger charge is -2.42. The van der Waals surface area contributed by atoms with Gasteiger partial charge in [-0.2, -0.15) is 0 Å². The van der Waals surface area contributed by atoms with Crippen LogP contribution in [0.2, 0.25) is 16.6 Å². The lowest BCUT2D eigenvalue weighted by molar-refractivity contribution is -0.134. The van der Waals surface area contributed by atoms with Gasteiger partial charge in [-0.3, -0.25) is 0 Å². The van der Waals surface area contributed by atoms with E-state index in [-0.39, 0.29) is 5.97 Å². The molecule has 3 nitrogen and oxygen atoms in total. The maximum Gasteiger partial charge on any atom is 0.330 e. The molecule has 0 aromatic heterocycles.